The summed E-state index contributed by atoms with van der Waals surface area (Å²) in [4.78, 5) is 13.5. The first-order valence-corrected chi connectivity index (χ1v) is 7.61. The smallest absolute Gasteiger partial charge is 0.250 e. The molecule has 0 radical (unpaired) electrons. The number of amides is 1. The van der Waals surface area contributed by atoms with E-state index in [1.165, 1.54) is 35.2 Å². The molecule has 1 unspecified atom stereocenters. The predicted octanol–water partition coefficient (Wildman–Crippen LogP) is 3.18. The molecule has 0 fully saturated rings. The highest BCUT2D eigenvalue weighted by molar-refractivity contribution is 6.33. The SMILES string of the molecule is O=C1C=C(Cl)C(O)(c2ccc(F)cc2)N1CCc1ccccc1. The molecule has 5 heteroatoms. The summed E-state index contributed by atoms with van der Waals surface area (Å²) in [6, 6.07) is 15.0. The Bertz CT molecular complexity index is 745. The summed E-state index contributed by atoms with van der Waals surface area (Å²) in [7, 11) is 0. The van der Waals surface area contributed by atoms with Gasteiger partial charge in [-0.15, -0.1) is 0 Å². The van der Waals surface area contributed by atoms with Gasteiger partial charge in [0, 0.05) is 18.2 Å². The van der Waals surface area contributed by atoms with E-state index < -0.39 is 11.5 Å². The maximum absolute atomic E-state index is 13.1. The van der Waals surface area contributed by atoms with Gasteiger partial charge in [0.1, 0.15) is 5.82 Å². The summed E-state index contributed by atoms with van der Waals surface area (Å²) in [5.74, 6) is -0.782. The van der Waals surface area contributed by atoms with Crippen LogP contribution in [0.4, 0.5) is 4.39 Å². The average molecular weight is 332 g/mol. The Morgan fingerprint density at radius 3 is 2.39 bits per heavy atom. The molecule has 0 saturated heterocycles. The zero-order valence-electron chi connectivity index (χ0n) is 12.2. The Kier molecular flexibility index (Phi) is 4.20. The molecular formula is C18H15ClFNO2. The van der Waals surface area contributed by atoms with Crippen LogP contribution in [0.1, 0.15) is 11.1 Å². The third-order valence-electron chi connectivity index (χ3n) is 3.95. The van der Waals surface area contributed by atoms with Crippen LogP contribution in [-0.2, 0) is 16.9 Å². The lowest BCUT2D eigenvalue weighted by molar-refractivity contribution is -0.143. The van der Waals surface area contributed by atoms with E-state index in [-0.39, 0.29) is 10.9 Å². The fraction of sp³-hybridized carbons (Fsp3) is 0.167. The van der Waals surface area contributed by atoms with Gasteiger partial charge in [0.05, 0.1) is 5.03 Å². The second-order valence-corrected chi connectivity index (χ2v) is 5.80. The molecule has 2 aromatic rings. The van der Waals surface area contributed by atoms with Gasteiger partial charge in [-0.05, 0) is 24.1 Å². The molecule has 118 valence electrons. The predicted molar refractivity (Wildman–Crippen MR) is 86.1 cm³/mol. The Balaban J connectivity index is 1.88. The van der Waals surface area contributed by atoms with Crippen molar-refractivity contribution in [1.82, 2.24) is 4.90 Å². The molecule has 23 heavy (non-hydrogen) atoms. The van der Waals surface area contributed by atoms with E-state index in [9.17, 15) is 14.3 Å². The maximum Gasteiger partial charge on any atom is 0.250 e. The molecule has 1 aliphatic rings. The quantitative estimate of drug-likeness (QED) is 0.934. The second kappa shape index (κ2) is 6.14. The first-order chi connectivity index (χ1) is 11.0. The van der Waals surface area contributed by atoms with Crippen molar-refractivity contribution < 1.29 is 14.3 Å². The van der Waals surface area contributed by atoms with E-state index in [0.717, 1.165) is 5.56 Å². The van der Waals surface area contributed by atoms with E-state index >= 15 is 0 Å². The molecule has 2 aromatic carbocycles. The fourth-order valence-corrected chi connectivity index (χ4v) is 3.01. The monoisotopic (exact) mass is 331 g/mol. The van der Waals surface area contributed by atoms with Crippen LogP contribution < -0.4 is 0 Å². The summed E-state index contributed by atoms with van der Waals surface area (Å²) >= 11 is 6.12. The standard InChI is InChI=1S/C18H15ClFNO2/c19-16-12-17(22)21(11-10-13-4-2-1-3-5-13)18(16,23)14-6-8-15(20)9-7-14/h1-9,12,23H,10-11H2. The van der Waals surface area contributed by atoms with Crippen molar-refractivity contribution in [2.75, 3.05) is 6.54 Å². The number of hydrogen-bond acceptors (Lipinski definition) is 2. The number of carbonyl (C=O) groups excluding carboxylic acids is 1. The lowest BCUT2D eigenvalue weighted by Gasteiger charge is -2.35. The van der Waals surface area contributed by atoms with Gasteiger partial charge in [-0.25, -0.2) is 4.39 Å². The molecular weight excluding hydrogens is 317 g/mol. The Hall–Kier alpha value is -2.17. The van der Waals surface area contributed by atoms with E-state index in [2.05, 4.69) is 0 Å². The number of rotatable bonds is 4. The molecule has 3 nitrogen and oxygen atoms in total. The van der Waals surface area contributed by atoms with Crippen LogP contribution in [-0.4, -0.2) is 22.5 Å². The van der Waals surface area contributed by atoms with Crippen LogP contribution in [0.15, 0.2) is 65.7 Å². The molecule has 0 aromatic heterocycles. The molecule has 1 N–H and O–H groups in total. The van der Waals surface area contributed by atoms with E-state index in [0.29, 0.717) is 18.5 Å². The highest BCUT2D eigenvalue weighted by Gasteiger charge is 2.46. The van der Waals surface area contributed by atoms with Crippen molar-refractivity contribution in [3.63, 3.8) is 0 Å². The van der Waals surface area contributed by atoms with Crippen LogP contribution in [0.25, 0.3) is 0 Å². The van der Waals surface area contributed by atoms with Crippen molar-refractivity contribution in [2.24, 2.45) is 0 Å². The summed E-state index contributed by atoms with van der Waals surface area (Å²) in [5.41, 5.74) is -0.343. The van der Waals surface area contributed by atoms with Crippen molar-refractivity contribution in [2.45, 2.75) is 12.1 Å². The summed E-state index contributed by atoms with van der Waals surface area (Å²) in [6.07, 6.45) is 1.78. The van der Waals surface area contributed by atoms with Crippen LogP contribution >= 0.6 is 11.6 Å². The van der Waals surface area contributed by atoms with Gasteiger partial charge in [-0.1, -0.05) is 54.1 Å². The van der Waals surface area contributed by atoms with Crippen LogP contribution in [0, 0.1) is 5.82 Å². The molecule has 1 heterocycles. The molecule has 0 aliphatic carbocycles. The van der Waals surface area contributed by atoms with Crippen molar-refractivity contribution in [3.8, 4) is 0 Å². The van der Waals surface area contributed by atoms with Crippen molar-refractivity contribution >= 4 is 17.5 Å². The van der Waals surface area contributed by atoms with Gasteiger partial charge in [0.15, 0.2) is 0 Å². The molecule has 3 rings (SSSR count). The fourth-order valence-electron chi connectivity index (χ4n) is 2.71. The number of carbonyl (C=O) groups is 1. The zero-order chi connectivity index (χ0) is 16.4. The molecule has 0 bridgehead atoms. The minimum atomic E-state index is -1.75. The van der Waals surface area contributed by atoms with E-state index in [4.69, 9.17) is 11.6 Å². The molecule has 0 spiro atoms. The van der Waals surface area contributed by atoms with Crippen LogP contribution in [0.3, 0.4) is 0 Å². The highest BCUT2D eigenvalue weighted by atomic mass is 35.5. The Labute approximate surface area is 138 Å². The van der Waals surface area contributed by atoms with Crippen molar-refractivity contribution in [3.05, 3.63) is 82.6 Å². The Morgan fingerprint density at radius 2 is 1.74 bits per heavy atom. The largest absolute Gasteiger partial charge is 0.362 e. The number of benzene rings is 2. The molecule has 1 aliphatic heterocycles. The topological polar surface area (TPSA) is 40.5 Å². The molecule has 0 saturated carbocycles. The minimum absolute atomic E-state index is 0.0159. The average Bonchev–Trinajstić information content (AvgIpc) is 2.77. The van der Waals surface area contributed by atoms with Gasteiger partial charge in [0.25, 0.3) is 5.91 Å². The van der Waals surface area contributed by atoms with Crippen molar-refractivity contribution in [1.29, 1.82) is 0 Å². The first kappa shape index (κ1) is 15.7. The van der Waals surface area contributed by atoms with E-state index in [1.54, 1.807) is 0 Å². The number of aliphatic hydroxyl groups is 1. The normalized spacial score (nSPS) is 20.7. The van der Waals surface area contributed by atoms with Crippen LogP contribution in [0.2, 0.25) is 0 Å². The second-order valence-electron chi connectivity index (χ2n) is 5.40. The lowest BCUT2D eigenvalue weighted by Crippen LogP contribution is -2.46. The maximum atomic E-state index is 13.1. The Morgan fingerprint density at radius 1 is 1.09 bits per heavy atom. The number of nitrogens with zero attached hydrogens (tertiary/aromatic N) is 1. The van der Waals surface area contributed by atoms with Gasteiger partial charge >= 0.3 is 0 Å². The minimum Gasteiger partial charge on any atom is -0.362 e. The van der Waals surface area contributed by atoms with Crippen LogP contribution in [0.5, 0.6) is 0 Å². The number of halogens is 2. The third kappa shape index (κ3) is 2.87. The third-order valence-corrected chi connectivity index (χ3v) is 4.33. The summed E-state index contributed by atoms with van der Waals surface area (Å²) in [5, 5.41) is 11.0. The van der Waals surface area contributed by atoms with Gasteiger partial charge in [-0.3, -0.25) is 4.79 Å². The highest BCUT2D eigenvalue weighted by Crippen LogP contribution is 2.40. The van der Waals surface area contributed by atoms with Gasteiger partial charge in [0.2, 0.25) is 5.72 Å². The summed E-state index contributed by atoms with van der Waals surface area (Å²) in [6.45, 7) is 0.295. The summed E-state index contributed by atoms with van der Waals surface area (Å²) < 4.78 is 13.1. The zero-order valence-corrected chi connectivity index (χ0v) is 13.0. The van der Waals surface area contributed by atoms with E-state index in [1.807, 2.05) is 30.3 Å². The van der Waals surface area contributed by atoms with Gasteiger partial charge < -0.3 is 10.0 Å². The molecule has 1 amide bonds. The lowest BCUT2D eigenvalue weighted by atomic mass is 10.0. The molecule has 1 atom stereocenters. The van der Waals surface area contributed by atoms with Gasteiger partial charge in [-0.2, -0.15) is 0 Å². The first-order valence-electron chi connectivity index (χ1n) is 7.23. The number of hydrogen-bond donors (Lipinski definition) is 1.